The van der Waals surface area contributed by atoms with Crippen LogP contribution in [0.15, 0.2) is 30.6 Å². The highest BCUT2D eigenvalue weighted by Crippen LogP contribution is 2.28. The Morgan fingerprint density at radius 1 is 1.06 bits per heavy atom. The molecule has 1 fully saturated rings. The minimum Gasteiger partial charge on any atom is -0.379 e. The Kier molecular flexibility index (Phi) is 7.18. The number of anilines is 2. The zero-order valence-electron chi connectivity index (χ0n) is 16.3. The van der Waals surface area contributed by atoms with Crippen molar-refractivity contribution in [2.75, 3.05) is 50.1 Å². The van der Waals surface area contributed by atoms with Crippen molar-refractivity contribution in [3.63, 3.8) is 0 Å². The van der Waals surface area contributed by atoms with Gasteiger partial charge >= 0.3 is 5.69 Å². The van der Waals surface area contributed by atoms with Gasteiger partial charge < -0.3 is 10.1 Å². The molecule has 0 radical (unpaired) electrons. The van der Waals surface area contributed by atoms with Crippen molar-refractivity contribution in [2.45, 2.75) is 0 Å². The number of ether oxygens (including phenoxy) is 1. The lowest BCUT2D eigenvalue weighted by Crippen LogP contribution is -2.39. The highest BCUT2D eigenvalue weighted by molar-refractivity contribution is 5.95. The second kappa shape index (κ2) is 10.2. The average molecular weight is 432 g/mol. The number of hydrogen-bond acceptors (Lipinski definition) is 11. The third kappa shape index (κ3) is 5.80. The highest BCUT2D eigenvalue weighted by atomic mass is 16.6. The van der Waals surface area contributed by atoms with E-state index in [0.717, 1.165) is 19.4 Å². The SMILES string of the molecule is O=C(NNc1ncnc(NCCN2CCOCC2)c1[N+](=O)[O-])c1ccc([N+](=O)[O-])cc1. The largest absolute Gasteiger partial charge is 0.379 e. The number of nitrogens with one attached hydrogen (secondary N) is 3. The van der Waals surface area contributed by atoms with Crippen molar-refractivity contribution in [1.29, 1.82) is 0 Å². The Labute approximate surface area is 175 Å². The number of benzene rings is 1. The Bertz CT molecular complexity index is 948. The predicted octanol–water partition coefficient (Wildman–Crippen LogP) is 0.794. The Morgan fingerprint density at radius 3 is 2.39 bits per heavy atom. The van der Waals surface area contributed by atoms with Gasteiger partial charge in [0, 0.05) is 43.9 Å². The molecule has 3 rings (SSSR count). The minimum absolute atomic E-state index is 0.0142. The summed E-state index contributed by atoms with van der Waals surface area (Å²) in [6.07, 6.45) is 1.13. The molecule has 3 N–H and O–H groups in total. The van der Waals surface area contributed by atoms with E-state index in [9.17, 15) is 25.0 Å². The molecule has 164 valence electrons. The van der Waals surface area contributed by atoms with E-state index in [2.05, 4.69) is 31.0 Å². The lowest BCUT2D eigenvalue weighted by atomic mass is 10.2. The lowest BCUT2D eigenvalue weighted by Gasteiger charge is -2.26. The minimum atomic E-state index is -0.655. The van der Waals surface area contributed by atoms with Crippen molar-refractivity contribution < 1.29 is 19.4 Å². The fourth-order valence-corrected chi connectivity index (χ4v) is 2.85. The quantitative estimate of drug-likeness (QED) is 0.377. The summed E-state index contributed by atoms with van der Waals surface area (Å²) in [5.74, 6) is -0.839. The van der Waals surface area contributed by atoms with Crippen LogP contribution in [0.2, 0.25) is 0 Å². The van der Waals surface area contributed by atoms with Gasteiger partial charge in [0.25, 0.3) is 11.6 Å². The average Bonchev–Trinajstić information content (AvgIpc) is 2.78. The summed E-state index contributed by atoms with van der Waals surface area (Å²) >= 11 is 0. The van der Waals surface area contributed by atoms with E-state index in [0.29, 0.717) is 26.3 Å². The maximum absolute atomic E-state index is 12.2. The molecule has 1 aromatic carbocycles. The van der Waals surface area contributed by atoms with Gasteiger partial charge in [0.15, 0.2) is 0 Å². The van der Waals surface area contributed by atoms with Crippen LogP contribution in [0.3, 0.4) is 0 Å². The second-order valence-electron chi connectivity index (χ2n) is 6.44. The molecule has 0 bridgehead atoms. The first-order valence-corrected chi connectivity index (χ1v) is 9.30. The van der Waals surface area contributed by atoms with Gasteiger partial charge in [-0.05, 0) is 12.1 Å². The van der Waals surface area contributed by atoms with E-state index in [1.165, 1.54) is 24.3 Å². The molecule has 14 nitrogen and oxygen atoms in total. The molecule has 1 aliphatic heterocycles. The number of carbonyl (C=O) groups excluding carboxylic acids is 1. The molecule has 0 unspecified atom stereocenters. The number of aromatic nitrogens is 2. The van der Waals surface area contributed by atoms with Gasteiger partial charge in [-0.25, -0.2) is 9.97 Å². The van der Waals surface area contributed by atoms with Crippen molar-refractivity contribution >= 4 is 28.9 Å². The first-order chi connectivity index (χ1) is 15.0. The summed E-state index contributed by atoms with van der Waals surface area (Å²) in [6.45, 7) is 3.95. The number of amides is 1. The Hall–Kier alpha value is -3.91. The molecular formula is C17H20N8O6. The number of morpholine rings is 1. The van der Waals surface area contributed by atoms with Crippen molar-refractivity contribution in [3.05, 3.63) is 56.4 Å². The van der Waals surface area contributed by atoms with E-state index in [1.807, 2.05) is 0 Å². The van der Waals surface area contributed by atoms with Crippen LogP contribution in [0.25, 0.3) is 0 Å². The summed E-state index contributed by atoms with van der Waals surface area (Å²) < 4.78 is 5.28. The van der Waals surface area contributed by atoms with Crippen LogP contribution in [0.4, 0.5) is 23.0 Å². The fourth-order valence-electron chi connectivity index (χ4n) is 2.85. The Balaban J connectivity index is 1.63. The molecule has 0 aliphatic carbocycles. The first kappa shape index (κ1) is 21.8. The van der Waals surface area contributed by atoms with Gasteiger partial charge in [-0.2, -0.15) is 0 Å². The van der Waals surface area contributed by atoms with Gasteiger partial charge in [0.1, 0.15) is 6.33 Å². The molecule has 2 aromatic rings. The van der Waals surface area contributed by atoms with Gasteiger partial charge in [-0.15, -0.1) is 0 Å². The summed E-state index contributed by atoms with van der Waals surface area (Å²) in [4.78, 5) is 43.2. The smallest absolute Gasteiger partial charge is 0.354 e. The monoisotopic (exact) mass is 432 g/mol. The summed E-state index contributed by atoms with van der Waals surface area (Å²) in [7, 11) is 0. The van der Waals surface area contributed by atoms with Gasteiger partial charge in [0.2, 0.25) is 11.6 Å². The topological polar surface area (TPSA) is 178 Å². The van der Waals surface area contributed by atoms with Crippen molar-refractivity contribution in [2.24, 2.45) is 0 Å². The lowest BCUT2D eigenvalue weighted by molar-refractivity contribution is -0.384. The number of rotatable bonds is 9. The number of nitro groups is 2. The molecule has 1 saturated heterocycles. The fraction of sp³-hybridized carbons (Fsp3) is 0.353. The summed E-state index contributed by atoms with van der Waals surface area (Å²) in [5, 5.41) is 25.2. The molecule has 14 heteroatoms. The van der Waals surface area contributed by atoms with Crippen LogP contribution >= 0.6 is 0 Å². The van der Waals surface area contributed by atoms with Gasteiger partial charge in [-0.3, -0.25) is 40.8 Å². The first-order valence-electron chi connectivity index (χ1n) is 9.30. The standard InChI is InChI=1S/C17H20N8O6/c26-17(12-1-3-13(4-2-12)24(27)28)22-21-16-14(25(29)30)15(19-11-20-16)18-5-6-23-7-9-31-10-8-23/h1-4,11H,5-10H2,(H,22,26)(H2,18,19,20,21). The molecule has 2 heterocycles. The van der Waals surface area contributed by atoms with Crippen LogP contribution in [0.5, 0.6) is 0 Å². The van der Waals surface area contributed by atoms with Crippen molar-refractivity contribution in [3.8, 4) is 0 Å². The van der Waals surface area contributed by atoms with E-state index < -0.39 is 21.4 Å². The third-order valence-electron chi connectivity index (χ3n) is 4.46. The van der Waals surface area contributed by atoms with Crippen LogP contribution < -0.4 is 16.2 Å². The third-order valence-corrected chi connectivity index (χ3v) is 4.46. The Morgan fingerprint density at radius 2 is 1.74 bits per heavy atom. The molecule has 0 spiro atoms. The van der Waals surface area contributed by atoms with Gasteiger partial charge in [0.05, 0.1) is 23.1 Å². The van der Waals surface area contributed by atoms with Crippen molar-refractivity contribution in [1.82, 2.24) is 20.3 Å². The maximum Gasteiger partial charge on any atom is 0.354 e. The van der Waals surface area contributed by atoms with Crippen LogP contribution in [0.1, 0.15) is 10.4 Å². The molecule has 31 heavy (non-hydrogen) atoms. The molecule has 1 amide bonds. The summed E-state index contributed by atoms with van der Waals surface area (Å²) in [6, 6.07) is 4.89. The van der Waals surface area contributed by atoms with Crippen LogP contribution in [0, 0.1) is 20.2 Å². The number of non-ortho nitro benzene ring substituents is 1. The van der Waals surface area contributed by atoms with Crippen LogP contribution in [-0.2, 0) is 4.74 Å². The molecule has 0 saturated carbocycles. The summed E-state index contributed by atoms with van der Waals surface area (Å²) in [5.41, 5.74) is 4.25. The number of nitrogens with zero attached hydrogens (tertiary/aromatic N) is 5. The van der Waals surface area contributed by atoms with E-state index in [4.69, 9.17) is 4.74 Å². The maximum atomic E-state index is 12.2. The molecule has 0 atom stereocenters. The zero-order valence-corrected chi connectivity index (χ0v) is 16.3. The number of carbonyl (C=O) groups is 1. The number of hydrogen-bond donors (Lipinski definition) is 3. The molecular weight excluding hydrogens is 412 g/mol. The second-order valence-corrected chi connectivity index (χ2v) is 6.44. The highest BCUT2D eigenvalue weighted by Gasteiger charge is 2.23. The van der Waals surface area contributed by atoms with Crippen LogP contribution in [-0.4, -0.2) is 70.0 Å². The van der Waals surface area contributed by atoms with E-state index in [-0.39, 0.29) is 22.9 Å². The van der Waals surface area contributed by atoms with Gasteiger partial charge in [-0.1, -0.05) is 0 Å². The molecule has 1 aromatic heterocycles. The predicted molar refractivity (Wildman–Crippen MR) is 109 cm³/mol. The zero-order chi connectivity index (χ0) is 22.2. The van der Waals surface area contributed by atoms with E-state index in [1.54, 1.807) is 0 Å². The normalized spacial score (nSPS) is 13.9. The number of hydrazine groups is 1. The molecule has 1 aliphatic rings. The number of nitro benzene ring substituents is 1. The van der Waals surface area contributed by atoms with E-state index >= 15 is 0 Å².